The van der Waals surface area contributed by atoms with Gasteiger partial charge in [-0.25, -0.2) is 0 Å². The molecule has 0 saturated carbocycles. The molecule has 2 aromatic rings. The zero-order valence-electron chi connectivity index (χ0n) is 13.8. The summed E-state index contributed by atoms with van der Waals surface area (Å²) in [5, 5.41) is 8.66. The Balaban J connectivity index is 2.00. The monoisotopic (exact) mass is 553 g/mol. The molecular formula is C18H15BrCl3N3OSe. The van der Waals surface area contributed by atoms with E-state index in [0.717, 1.165) is 15.7 Å². The molecule has 1 atom stereocenters. The summed E-state index contributed by atoms with van der Waals surface area (Å²) in [7, 11) is 0. The molecule has 2 rings (SSSR count). The van der Waals surface area contributed by atoms with Gasteiger partial charge in [0.25, 0.3) is 0 Å². The number of carbonyl (C=O) groups is 1. The van der Waals surface area contributed by atoms with Crippen LogP contribution in [0.4, 0.5) is 5.69 Å². The van der Waals surface area contributed by atoms with Crippen molar-refractivity contribution in [3.63, 3.8) is 0 Å². The first kappa shape index (κ1) is 22.3. The molecule has 0 aliphatic heterocycles. The molecule has 142 valence electrons. The van der Waals surface area contributed by atoms with Crippen LogP contribution >= 0.6 is 50.7 Å². The standard InChI is InChI=1S/C18H15BrCl3N3OSe/c19-13-8-4-5-9-14(13)23-17(27)25-16(18(20,21)22)24-15(26)11-10-12-6-2-1-3-7-12/h1-11,16H,(H,24,26)(H2,23,25,27)/b11-10+. The van der Waals surface area contributed by atoms with Gasteiger partial charge in [-0.05, 0) is 0 Å². The van der Waals surface area contributed by atoms with Gasteiger partial charge in [-0.3, -0.25) is 0 Å². The minimum absolute atomic E-state index is 0.406. The summed E-state index contributed by atoms with van der Waals surface area (Å²) in [6.07, 6.45) is 2.08. The van der Waals surface area contributed by atoms with Gasteiger partial charge in [0.2, 0.25) is 0 Å². The summed E-state index contributed by atoms with van der Waals surface area (Å²) in [6.45, 7) is 0. The topological polar surface area (TPSA) is 53.2 Å². The van der Waals surface area contributed by atoms with Crippen molar-refractivity contribution < 1.29 is 4.79 Å². The van der Waals surface area contributed by atoms with Crippen LogP contribution in [0, 0.1) is 0 Å². The SMILES string of the molecule is O=C(/C=C/c1ccccc1)NC(NC(=[Se])Nc1ccccc1Br)C(Cl)(Cl)Cl. The van der Waals surface area contributed by atoms with E-state index in [4.69, 9.17) is 34.8 Å². The summed E-state index contributed by atoms with van der Waals surface area (Å²) in [5.41, 5.74) is 1.69. The Morgan fingerprint density at radius 3 is 2.30 bits per heavy atom. The minimum atomic E-state index is -1.78. The number of para-hydroxylation sites is 1. The Morgan fingerprint density at radius 2 is 1.67 bits per heavy atom. The van der Waals surface area contributed by atoms with Gasteiger partial charge >= 0.3 is 190 Å². The van der Waals surface area contributed by atoms with Crippen molar-refractivity contribution in [1.29, 1.82) is 0 Å². The number of amides is 1. The van der Waals surface area contributed by atoms with Crippen LogP contribution in [0.25, 0.3) is 6.08 Å². The fraction of sp³-hybridized carbons (Fsp3) is 0.111. The number of hydrogen-bond donors (Lipinski definition) is 3. The van der Waals surface area contributed by atoms with Crippen molar-refractivity contribution in [1.82, 2.24) is 10.6 Å². The predicted molar refractivity (Wildman–Crippen MR) is 119 cm³/mol. The molecule has 0 aliphatic carbocycles. The molecule has 27 heavy (non-hydrogen) atoms. The summed E-state index contributed by atoms with van der Waals surface area (Å²) < 4.78 is -0.439. The van der Waals surface area contributed by atoms with Crippen molar-refractivity contribution in [2.75, 3.05) is 5.32 Å². The molecular weight excluding hydrogens is 539 g/mol. The Bertz CT molecular complexity index is 828. The van der Waals surface area contributed by atoms with Crippen molar-refractivity contribution >= 4 is 88.6 Å². The van der Waals surface area contributed by atoms with Crippen LogP contribution in [-0.2, 0) is 4.79 Å². The molecule has 1 amide bonds. The molecule has 4 nitrogen and oxygen atoms in total. The van der Waals surface area contributed by atoms with Gasteiger partial charge in [0.1, 0.15) is 0 Å². The van der Waals surface area contributed by atoms with E-state index in [1.165, 1.54) is 6.08 Å². The molecule has 0 aliphatic rings. The van der Waals surface area contributed by atoms with Gasteiger partial charge in [-0.15, -0.1) is 0 Å². The van der Waals surface area contributed by atoms with E-state index in [1.54, 1.807) is 6.08 Å². The number of alkyl halides is 3. The first-order chi connectivity index (χ1) is 12.8. The van der Waals surface area contributed by atoms with Crippen LogP contribution in [0.5, 0.6) is 0 Å². The van der Waals surface area contributed by atoms with E-state index in [9.17, 15) is 4.79 Å². The van der Waals surface area contributed by atoms with Gasteiger partial charge in [0, 0.05) is 0 Å². The maximum atomic E-state index is 12.2. The zero-order chi connectivity index (χ0) is 19.9. The van der Waals surface area contributed by atoms with E-state index in [2.05, 4.69) is 47.5 Å². The molecule has 0 radical (unpaired) electrons. The Labute approximate surface area is 189 Å². The number of halogens is 4. The second-order valence-electron chi connectivity index (χ2n) is 5.31. The molecule has 0 saturated heterocycles. The summed E-state index contributed by atoms with van der Waals surface area (Å²) in [5.74, 6) is -0.406. The number of anilines is 1. The number of benzene rings is 2. The second kappa shape index (κ2) is 10.5. The predicted octanol–water partition coefficient (Wildman–Crippen LogP) is 4.23. The number of nitrogens with one attached hydrogen (secondary N) is 3. The number of rotatable bonds is 7. The Morgan fingerprint density at radius 1 is 1.04 bits per heavy atom. The summed E-state index contributed by atoms with van der Waals surface area (Å²) in [4.78, 5) is 12.2. The van der Waals surface area contributed by atoms with Gasteiger partial charge in [0.05, 0.1) is 0 Å². The quantitative estimate of drug-likeness (QED) is 0.208. The van der Waals surface area contributed by atoms with Crippen molar-refractivity contribution in [2.45, 2.75) is 9.96 Å². The third kappa shape index (κ3) is 7.86. The van der Waals surface area contributed by atoms with Crippen molar-refractivity contribution in [3.05, 3.63) is 70.7 Å². The van der Waals surface area contributed by atoms with Crippen LogP contribution < -0.4 is 16.0 Å². The third-order valence-electron chi connectivity index (χ3n) is 3.24. The molecule has 1 unspecified atom stereocenters. The van der Waals surface area contributed by atoms with Crippen LogP contribution in [0.15, 0.2) is 65.1 Å². The molecule has 0 bridgehead atoms. The van der Waals surface area contributed by atoms with Crippen LogP contribution in [0.2, 0.25) is 0 Å². The first-order valence-corrected chi connectivity index (χ1v) is 10.5. The molecule has 9 heteroatoms. The normalized spacial score (nSPS) is 12.4. The Hall–Kier alpha value is -1.01. The molecule has 2 aromatic carbocycles. The average Bonchev–Trinajstić information content (AvgIpc) is 2.61. The molecule has 0 fully saturated rings. The van der Waals surface area contributed by atoms with E-state index in [-0.39, 0.29) is 0 Å². The molecule has 3 N–H and O–H groups in total. The van der Waals surface area contributed by atoms with Crippen LogP contribution in [0.3, 0.4) is 0 Å². The van der Waals surface area contributed by atoms with E-state index in [0.29, 0.717) is 4.67 Å². The average molecular weight is 555 g/mol. The fourth-order valence-corrected chi connectivity index (χ4v) is 3.17. The number of carbonyl (C=O) groups excluding carboxylic acids is 1. The van der Waals surface area contributed by atoms with Crippen molar-refractivity contribution in [2.24, 2.45) is 0 Å². The van der Waals surface area contributed by atoms with E-state index in [1.807, 2.05) is 54.6 Å². The third-order valence-corrected chi connectivity index (χ3v) is 5.05. The second-order valence-corrected chi connectivity index (χ2v) is 9.39. The van der Waals surface area contributed by atoms with Gasteiger partial charge in [0.15, 0.2) is 0 Å². The molecule has 0 spiro atoms. The summed E-state index contributed by atoms with van der Waals surface area (Å²) >= 11 is 24.3. The van der Waals surface area contributed by atoms with E-state index < -0.39 is 15.9 Å². The van der Waals surface area contributed by atoms with Gasteiger partial charge in [-0.1, -0.05) is 0 Å². The Kier molecular flexibility index (Phi) is 8.67. The van der Waals surface area contributed by atoms with Crippen LogP contribution in [-0.4, -0.2) is 36.1 Å². The summed E-state index contributed by atoms with van der Waals surface area (Å²) in [6, 6.07) is 16.9. The number of hydrogen-bond acceptors (Lipinski definition) is 3. The maximum absolute atomic E-state index is 12.2. The zero-order valence-corrected chi connectivity index (χ0v) is 19.3. The van der Waals surface area contributed by atoms with Crippen molar-refractivity contribution in [3.8, 4) is 0 Å². The fourth-order valence-electron chi connectivity index (χ4n) is 1.98. The van der Waals surface area contributed by atoms with Gasteiger partial charge < -0.3 is 0 Å². The van der Waals surface area contributed by atoms with Crippen LogP contribution in [0.1, 0.15) is 5.56 Å². The molecule has 0 aromatic heterocycles. The van der Waals surface area contributed by atoms with E-state index >= 15 is 0 Å². The van der Waals surface area contributed by atoms with Gasteiger partial charge in [-0.2, -0.15) is 0 Å². The molecule has 0 heterocycles. The first-order valence-electron chi connectivity index (χ1n) is 7.68.